The van der Waals surface area contributed by atoms with Crippen molar-refractivity contribution in [3.8, 4) is 0 Å². The maximum atomic E-state index is 10.8. The third kappa shape index (κ3) is 7.12. The average molecular weight is 300 g/mol. The predicted octanol–water partition coefficient (Wildman–Crippen LogP) is -4.59. The van der Waals surface area contributed by atoms with Gasteiger partial charge in [-0.15, -0.1) is 0 Å². The Kier molecular flexibility index (Phi) is 9.86. The molecule has 0 radical (unpaired) electrons. The molecule has 0 aromatic heterocycles. The van der Waals surface area contributed by atoms with Gasteiger partial charge < -0.3 is 30.1 Å². The number of aliphatic hydroxyl groups excluding tert-OH is 5. The van der Waals surface area contributed by atoms with Crippen LogP contribution in [0.15, 0.2) is 0 Å². The second-order valence-corrected chi connectivity index (χ2v) is 4.24. The first-order valence-corrected chi connectivity index (χ1v) is 5.75. The fourth-order valence-corrected chi connectivity index (χ4v) is 1.18. The molecule has 0 aliphatic carbocycles. The Hall–Kier alpha value is 0.420. The van der Waals surface area contributed by atoms with E-state index in [0.717, 1.165) is 0 Å². The fraction of sp³-hybridized carbons (Fsp3) is 0.833. The van der Waals surface area contributed by atoms with Crippen LogP contribution in [0.3, 0.4) is 0 Å². The molecular weight excluding hydrogens is 286 g/mol. The van der Waals surface area contributed by atoms with Gasteiger partial charge in [0.15, 0.2) is 6.10 Å². The van der Waals surface area contributed by atoms with Crippen molar-refractivity contribution in [2.24, 2.45) is 0 Å². The molecule has 0 heterocycles. The summed E-state index contributed by atoms with van der Waals surface area (Å²) in [5.41, 5.74) is 0. The van der Waals surface area contributed by atoms with Crippen molar-refractivity contribution in [1.82, 2.24) is 0 Å². The molecule has 0 fully saturated rings. The summed E-state index contributed by atoms with van der Waals surface area (Å²) in [7, 11) is -5.19. The Balaban J connectivity index is 0. The van der Waals surface area contributed by atoms with E-state index in [1.807, 2.05) is 0 Å². The summed E-state index contributed by atoms with van der Waals surface area (Å²) in [6.45, 7) is -0.960. The first-order chi connectivity index (χ1) is 7.60. The number of aliphatic hydroxyl groups is 5. The summed E-state index contributed by atoms with van der Waals surface area (Å²) >= 11 is 0. The Morgan fingerprint density at radius 3 is 1.89 bits per heavy atom. The minimum absolute atomic E-state index is 0. The summed E-state index contributed by atoms with van der Waals surface area (Å²) in [6.07, 6.45) is -8.71. The van der Waals surface area contributed by atoms with Gasteiger partial charge in [-0.25, -0.2) is 9.36 Å². The van der Waals surface area contributed by atoms with Crippen LogP contribution in [0.2, 0.25) is 0 Å². The number of carbonyl (C=O) groups excluding carboxylic acids is 1. The van der Waals surface area contributed by atoms with E-state index in [4.69, 9.17) is 35.3 Å². The topological polar surface area (TPSA) is 185 Å². The molecule has 0 unspecified atom stereocenters. The number of phosphoric ester groups is 1. The van der Waals surface area contributed by atoms with Crippen LogP contribution in [-0.2, 0) is 13.9 Å². The van der Waals surface area contributed by atoms with Crippen molar-refractivity contribution in [3.05, 3.63) is 0 Å². The maximum absolute atomic E-state index is 10.8. The summed E-state index contributed by atoms with van der Waals surface area (Å²) in [6, 6.07) is 0. The molecule has 0 amide bonds. The quantitative estimate of drug-likeness (QED) is 0.186. The molecule has 0 spiro atoms. The van der Waals surface area contributed by atoms with Crippen LogP contribution in [0.25, 0.3) is 0 Å². The van der Waals surface area contributed by atoms with Gasteiger partial charge in [0.2, 0.25) is 0 Å². The number of carbonyl (C=O) groups is 1. The van der Waals surface area contributed by atoms with E-state index in [1.165, 1.54) is 0 Å². The van der Waals surface area contributed by atoms with E-state index < -0.39 is 44.8 Å². The van der Waals surface area contributed by atoms with E-state index in [-0.39, 0.29) is 29.6 Å². The summed E-state index contributed by atoms with van der Waals surface area (Å²) in [5.74, 6) is -1.88. The summed E-state index contributed by atoms with van der Waals surface area (Å²) in [4.78, 5) is 27.3. The van der Waals surface area contributed by atoms with Crippen LogP contribution in [0.1, 0.15) is 0 Å². The van der Waals surface area contributed by atoms with Gasteiger partial charge in [0.05, 0.1) is 6.61 Å². The molecule has 104 valence electrons. The predicted molar refractivity (Wildman–Crippen MR) is 56.4 cm³/mol. The van der Waals surface area contributed by atoms with Gasteiger partial charge in [0.25, 0.3) is 0 Å². The molecule has 18 heavy (non-hydrogen) atoms. The van der Waals surface area contributed by atoms with Crippen LogP contribution >= 0.6 is 7.82 Å². The summed E-state index contributed by atoms with van der Waals surface area (Å²) in [5, 5.41) is 44.6. The average Bonchev–Trinajstić information content (AvgIpc) is 2.22. The molecule has 0 saturated carbocycles. The standard InChI is InChI=1S/C6H13O10P.Na.H/c7-1-2(8)3(9)4(10)5(11)6(12)16-17(13,14)15;;/h2-5,7-11H,1H2,(H2,13,14,15);;/t2-,3-,4+,5-;;/m1../s1. The van der Waals surface area contributed by atoms with Crippen LogP contribution < -0.4 is 0 Å². The minimum atomic E-state index is -5.19. The molecule has 0 saturated heterocycles. The van der Waals surface area contributed by atoms with E-state index in [0.29, 0.717) is 0 Å². The van der Waals surface area contributed by atoms with Gasteiger partial charge in [0, 0.05) is 0 Å². The molecule has 0 aromatic carbocycles. The Bertz CT molecular complexity index is 305. The van der Waals surface area contributed by atoms with Crippen LogP contribution in [-0.4, -0.2) is 102 Å². The van der Waals surface area contributed by atoms with Gasteiger partial charge in [-0.3, -0.25) is 9.79 Å². The first kappa shape index (κ1) is 20.7. The molecule has 4 atom stereocenters. The molecule has 0 aliphatic heterocycles. The molecule has 0 bridgehead atoms. The zero-order valence-electron chi connectivity index (χ0n) is 8.32. The van der Waals surface area contributed by atoms with Crippen molar-refractivity contribution in [2.75, 3.05) is 6.61 Å². The second kappa shape index (κ2) is 8.56. The van der Waals surface area contributed by atoms with Gasteiger partial charge in [-0.2, -0.15) is 0 Å². The number of hydrogen-bond donors (Lipinski definition) is 7. The van der Waals surface area contributed by atoms with Crippen molar-refractivity contribution in [3.63, 3.8) is 0 Å². The van der Waals surface area contributed by atoms with Gasteiger partial charge >= 0.3 is 43.3 Å². The molecular formula is C6H14NaO10P. The van der Waals surface area contributed by atoms with E-state index in [1.54, 1.807) is 0 Å². The Morgan fingerprint density at radius 2 is 1.56 bits per heavy atom. The van der Waals surface area contributed by atoms with Crippen molar-refractivity contribution < 1.29 is 49.2 Å². The molecule has 12 heteroatoms. The first-order valence-electron chi connectivity index (χ1n) is 4.22. The van der Waals surface area contributed by atoms with Crippen molar-refractivity contribution >= 4 is 43.3 Å². The Labute approximate surface area is 123 Å². The van der Waals surface area contributed by atoms with Gasteiger partial charge in [0.1, 0.15) is 18.3 Å². The molecule has 0 aliphatic rings. The van der Waals surface area contributed by atoms with Crippen LogP contribution in [0, 0.1) is 0 Å². The zero-order valence-corrected chi connectivity index (χ0v) is 9.21. The number of hydrogen-bond acceptors (Lipinski definition) is 8. The third-order valence-corrected chi connectivity index (χ3v) is 2.12. The van der Waals surface area contributed by atoms with E-state index in [2.05, 4.69) is 4.52 Å². The van der Waals surface area contributed by atoms with Crippen LogP contribution in [0.4, 0.5) is 0 Å². The van der Waals surface area contributed by atoms with Crippen molar-refractivity contribution in [1.29, 1.82) is 0 Å². The zero-order chi connectivity index (χ0) is 13.8. The molecule has 7 N–H and O–H groups in total. The molecule has 10 nitrogen and oxygen atoms in total. The van der Waals surface area contributed by atoms with Crippen LogP contribution in [0.5, 0.6) is 0 Å². The molecule has 0 rings (SSSR count). The monoisotopic (exact) mass is 300 g/mol. The Morgan fingerprint density at radius 1 is 1.11 bits per heavy atom. The number of phosphoric acid groups is 1. The number of rotatable bonds is 6. The van der Waals surface area contributed by atoms with Crippen molar-refractivity contribution in [2.45, 2.75) is 24.4 Å². The van der Waals surface area contributed by atoms with E-state index in [9.17, 15) is 9.36 Å². The van der Waals surface area contributed by atoms with Gasteiger partial charge in [-0.05, 0) is 0 Å². The van der Waals surface area contributed by atoms with E-state index >= 15 is 0 Å². The summed E-state index contributed by atoms with van der Waals surface area (Å²) < 4.78 is 13.7. The van der Waals surface area contributed by atoms with Gasteiger partial charge in [-0.1, -0.05) is 0 Å². The normalized spacial score (nSPS) is 18.2. The fourth-order valence-electron chi connectivity index (χ4n) is 0.833. The SMILES string of the molecule is O=C(OP(=O)(O)O)[C@H](O)[C@@H](O)[C@H](O)[C@H](O)CO.[NaH]. The second-order valence-electron chi connectivity index (χ2n) is 3.08. The molecule has 0 aromatic rings. The third-order valence-electron chi connectivity index (χ3n) is 1.71.